The third kappa shape index (κ3) is 4.01. The quantitative estimate of drug-likeness (QED) is 0.354. The Morgan fingerprint density at radius 1 is 1.29 bits per heavy atom. The maximum absolute atomic E-state index is 10.9. The molecule has 5 nitrogen and oxygen atoms in total. The van der Waals surface area contributed by atoms with Gasteiger partial charge in [-0.3, -0.25) is 14.5 Å². The Labute approximate surface area is 124 Å². The summed E-state index contributed by atoms with van der Waals surface area (Å²) >= 11 is 0. The summed E-state index contributed by atoms with van der Waals surface area (Å²) in [5.41, 5.74) is 0. The van der Waals surface area contributed by atoms with E-state index in [9.17, 15) is 19.5 Å². The molecule has 0 aromatic heterocycles. The van der Waals surface area contributed by atoms with Gasteiger partial charge in [0.2, 0.25) is 0 Å². The summed E-state index contributed by atoms with van der Waals surface area (Å²) in [5.74, 6) is -1.95. The van der Waals surface area contributed by atoms with Crippen LogP contribution in [0.25, 0.3) is 0 Å². The van der Waals surface area contributed by atoms with Crippen LogP contribution >= 0.6 is 0 Å². The van der Waals surface area contributed by atoms with Crippen LogP contribution in [0.15, 0.2) is 12.2 Å². The zero-order chi connectivity index (χ0) is 9.84. The zero-order valence-electron chi connectivity index (χ0n) is 7.86. The zero-order valence-corrected chi connectivity index (χ0v) is 11.0. The number of imide groups is 1. The van der Waals surface area contributed by atoms with E-state index in [0.717, 1.165) is 4.90 Å². The third-order valence-corrected chi connectivity index (χ3v) is 1.66. The van der Waals surface area contributed by atoms with Gasteiger partial charge >= 0.3 is 51.4 Å². The van der Waals surface area contributed by atoms with Crippen LogP contribution in [0.5, 0.6) is 0 Å². The van der Waals surface area contributed by atoms with Gasteiger partial charge in [0.25, 0.3) is 11.8 Å². The number of carbonyl (C=O) groups is 3. The molecule has 70 valence electrons. The number of rotatable bonds is 4. The summed E-state index contributed by atoms with van der Waals surface area (Å²) in [6.45, 7) is 0.138. The molecule has 0 aliphatic carbocycles. The van der Waals surface area contributed by atoms with Gasteiger partial charge in [-0.2, -0.15) is 0 Å². The fourth-order valence-electron chi connectivity index (χ4n) is 1.03. The maximum atomic E-state index is 10.9. The molecule has 14 heavy (non-hydrogen) atoms. The smallest absolute Gasteiger partial charge is 0.550 e. The molecule has 1 aliphatic heterocycles. The second-order valence-corrected chi connectivity index (χ2v) is 2.64. The molecule has 6 heteroatoms. The van der Waals surface area contributed by atoms with Crippen molar-refractivity contribution in [3.8, 4) is 0 Å². The minimum Gasteiger partial charge on any atom is -0.550 e. The van der Waals surface area contributed by atoms with Gasteiger partial charge in [-0.1, -0.05) is 0 Å². The van der Waals surface area contributed by atoms with Crippen LogP contribution < -0.4 is 56.5 Å². The van der Waals surface area contributed by atoms with E-state index in [-0.39, 0.29) is 82.6 Å². The first kappa shape index (κ1) is 14.0. The average Bonchev–Trinajstić information content (AvgIpc) is 2.34. The van der Waals surface area contributed by atoms with Crippen LogP contribution in [0.2, 0.25) is 0 Å². The normalized spacial score (nSPS) is 14.4. The first-order valence-electron chi connectivity index (χ1n) is 3.84. The number of amides is 2. The van der Waals surface area contributed by atoms with Crippen LogP contribution in [0.3, 0.4) is 0 Å². The minimum absolute atomic E-state index is 0. The summed E-state index contributed by atoms with van der Waals surface area (Å²) in [7, 11) is 0. The Morgan fingerprint density at radius 3 is 2.21 bits per heavy atom. The van der Waals surface area contributed by atoms with Crippen LogP contribution in [-0.2, 0) is 14.4 Å². The molecule has 0 bridgehead atoms. The van der Waals surface area contributed by atoms with E-state index in [0.29, 0.717) is 0 Å². The molecule has 0 unspecified atom stereocenters. The van der Waals surface area contributed by atoms with Crippen molar-refractivity contribution >= 4 is 17.8 Å². The number of nitrogens with zero attached hydrogens (tertiary/aromatic N) is 1. The first-order valence-corrected chi connectivity index (χ1v) is 3.84. The van der Waals surface area contributed by atoms with E-state index >= 15 is 0 Å². The van der Waals surface area contributed by atoms with E-state index < -0.39 is 5.97 Å². The largest absolute Gasteiger partial charge is 1.00 e. The predicted molar refractivity (Wildman–Crippen MR) is 40.1 cm³/mol. The standard InChI is InChI=1S/C8H9NO4.K/c10-6-3-4-7(11)9(6)5-1-2-8(12)13;/h3-4H,1-2,5H2,(H,12,13);/q;+1/p-1. The van der Waals surface area contributed by atoms with Gasteiger partial charge in [-0.05, 0) is 12.8 Å². The summed E-state index contributed by atoms with van der Waals surface area (Å²) in [6, 6.07) is 0. The van der Waals surface area contributed by atoms with Gasteiger partial charge in [0.1, 0.15) is 0 Å². The van der Waals surface area contributed by atoms with E-state index in [1.165, 1.54) is 12.2 Å². The van der Waals surface area contributed by atoms with E-state index in [4.69, 9.17) is 0 Å². The van der Waals surface area contributed by atoms with Crippen LogP contribution in [-0.4, -0.2) is 29.2 Å². The van der Waals surface area contributed by atoms with Gasteiger partial charge in [0.15, 0.2) is 0 Å². The Morgan fingerprint density at radius 2 is 1.79 bits per heavy atom. The Hall–Kier alpha value is -0.0136. The molecule has 1 rings (SSSR count). The summed E-state index contributed by atoms with van der Waals surface area (Å²) < 4.78 is 0. The molecule has 0 aromatic rings. The molecule has 0 atom stereocenters. The molecule has 2 amide bonds. The van der Waals surface area contributed by atoms with Crippen molar-refractivity contribution in [2.45, 2.75) is 12.8 Å². The van der Waals surface area contributed by atoms with Gasteiger partial charge in [-0.15, -0.1) is 0 Å². The summed E-state index contributed by atoms with van der Waals surface area (Å²) in [6.07, 6.45) is 2.43. The Bertz CT molecular complexity index is 269. The van der Waals surface area contributed by atoms with Crippen molar-refractivity contribution in [3.05, 3.63) is 12.2 Å². The van der Waals surface area contributed by atoms with Crippen LogP contribution in [0.1, 0.15) is 12.8 Å². The van der Waals surface area contributed by atoms with Crippen LogP contribution in [0, 0.1) is 0 Å². The molecule has 0 saturated heterocycles. The van der Waals surface area contributed by atoms with E-state index in [2.05, 4.69) is 0 Å². The fourth-order valence-corrected chi connectivity index (χ4v) is 1.03. The molecule has 0 fully saturated rings. The monoisotopic (exact) mass is 221 g/mol. The fraction of sp³-hybridized carbons (Fsp3) is 0.375. The van der Waals surface area contributed by atoms with Gasteiger partial charge in [-0.25, -0.2) is 0 Å². The van der Waals surface area contributed by atoms with Crippen molar-refractivity contribution in [2.24, 2.45) is 0 Å². The number of carboxylic acid groups (broad SMARTS) is 1. The molecule has 0 saturated carbocycles. The predicted octanol–water partition coefficient (Wildman–Crippen LogP) is -4.55. The van der Waals surface area contributed by atoms with Gasteiger partial charge < -0.3 is 9.90 Å². The molecule has 1 heterocycles. The molecular weight excluding hydrogens is 213 g/mol. The molecule has 0 aromatic carbocycles. The summed E-state index contributed by atoms with van der Waals surface area (Å²) in [4.78, 5) is 32.9. The van der Waals surface area contributed by atoms with Crippen molar-refractivity contribution in [3.63, 3.8) is 0 Å². The van der Waals surface area contributed by atoms with Gasteiger partial charge in [0, 0.05) is 24.7 Å². The Balaban J connectivity index is 0.00000169. The topological polar surface area (TPSA) is 77.5 Å². The van der Waals surface area contributed by atoms with Crippen molar-refractivity contribution in [2.75, 3.05) is 6.54 Å². The number of aliphatic carboxylic acids is 1. The van der Waals surface area contributed by atoms with E-state index in [1.54, 1.807) is 0 Å². The molecule has 0 radical (unpaired) electrons. The summed E-state index contributed by atoms with van der Waals surface area (Å²) in [5, 5.41) is 10.0. The maximum Gasteiger partial charge on any atom is 1.00 e. The van der Waals surface area contributed by atoms with Crippen molar-refractivity contribution < 1.29 is 70.9 Å². The van der Waals surface area contributed by atoms with Crippen molar-refractivity contribution in [1.29, 1.82) is 0 Å². The first-order chi connectivity index (χ1) is 6.11. The van der Waals surface area contributed by atoms with Crippen molar-refractivity contribution in [1.82, 2.24) is 4.90 Å². The number of hydrogen-bond acceptors (Lipinski definition) is 4. The molecular formula is C8H8KNO4. The van der Waals surface area contributed by atoms with E-state index in [1.807, 2.05) is 0 Å². The second kappa shape index (κ2) is 6.47. The molecule has 1 aliphatic rings. The van der Waals surface area contributed by atoms with Crippen LogP contribution in [0.4, 0.5) is 0 Å². The number of carbonyl (C=O) groups excluding carboxylic acids is 3. The minimum atomic E-state index is -1.17. The SMILES string of the molecule is O=C([O-])CCCN1C(=O)C=CC1=O.[K+]. The average molecular weight is 221 g/mol. The molecule has 0 N–H and O–H groups in total. The third-order valence-electron chi connectivity index (χ3n) is 1.66. The number of carboxylic acids is 1. The number of hydrogen-bond donors (Lipinski definition) is 0. The second-order valence-electron chi connectivity index (χ2n) is 2.64. The van der Waals surface area contributed by atoms with Gasteiger partial charge in [0.05, 0.1) is 0 Å². The molecule has 0 spiro atoms. The Kier molecular flexibility index (Phi) is 6.46.